The van der Waals surface area contributed by atoms with Crippen molar-refractivity contribution in [2.45, 2.75) is 71.3 Å². The number of carbonyl (C=O) groups is 2. The van der Waals surface area contributed by atoms with Crippen LogP contribution in [-0.4, -0.2) is 33.3 Å². The van der Waals surface area contributed by atoms with E-state index in [-0.39, 0.29) is 11.6 Å². The van der Waals surface area contributed by atoms with Gasteiger partial charge in [-0.1, -0.05) is 76.7 Å². The van der Waals surface area contributed by atoms with E-state index in [1.807, 2.05) is 19.1 Å². The molecule has 1 rings (SSSR count). The molecule has 7 heteroatoms. The van der Waals surface area contributed by atoms with E-state index in [1.165, 1.54) is 12.3 Å². The first-order valence-corrected chi connectivity index (χ1v) is 12.3. The van der Waals surface area contributed by atoms with Gasteiger partial charge in [0, 0.05) is 0 Å². The molecule has 152 valence electrons. The Morgan fingerprint density at radius 2 is 1.89 bits per heavy atom. The summed E-state index contributed by atoms with van der Waals surface area (Å²) in [5.41, 5.74) is 0.943. The summed E-state index contributed by atoms with van der Waals surface area (Å²) in [5, 5.41) is 4.01. The Bertz CT molecular complexity index is 640. The van der Waals surface area contributed by atoms with Gasteiger partial charge in [-0.15, -0.1) is 0 Å². The molecule has 0 aliphatic carbocycles. The van der Waals surface area contributed by atoms with Gasteiger partial charge in [0.2, 0.25) is 0 Å². The largest absolute Gasteiger partial charge is 0.453 e. The predicted octanol–water partition coefficient (Wildman–Crippen LogP) is 3.90. The third-order valence-corrected chi connectivity index (χ3v) is 10.7. The Morgan fingerprint density at radius 1 is 1.22 bits per heavy atom. The zero-order valence-corrected chi connectivity index (χ0v) is 18.5. The van der Waals surface area contributed by atoms with Crippen LogP contribution in [0.2, 0.25) is 18.1 Å². The fourth-order valence-electron chi connectivity index (χ4n) is 2.44. The minimum atomic E-state index is -1.65. The SMILES string of the molecule is CCC[C@H](NC(=O)OC)C(=O)OOCc1cccc([Si](C)(C)C(C)(C)C)c1. The number of ether oxygens (including phenoxy) is 1. The second kappa shape index (κ2) is 9.89. The maximum atomic E-state index is 12.1. The fraction of sp³-hybridized carbons (Fsp3) is 0.600. The summed E-state index contributed by atoms with van der Waals surface area (Å²) in [4.78, 5) is 33.5. The number of hydrogen-bond acceptors (Lipinski definition) is 5. The summed E-state index contributed by atoms with van der Waals surface area (Å²) in [6.07, 6.45) is 0.476. The summed E-state index contributed by atoms with van der Waals surface area (Å²) in [5.74, 6) is -0.636. The number of methoxy groups -OCH3 is 1. The third-order valence-electron chi connectivity index (χ3n) is 5.23. The summed E-state index contributed by atoms with van der Waals surface area (Å²) < 4.78 is 4.53. The molecule has 0 spiro atoms. The van der Waals surface area contributed by atoms with Crippen LogP contribution in [0.1, 0.15) is 46.1 Å². The molecule has 1 amide bonds. The Morgan fingerprint density at radius 3 is 2.44 bits per heavy atom. The first kappa shape index (κ1) is 23.2. The molecule has 6 nitrogen and oxygen atoms in total. The molecule has 1 N–H and O–H groups in total. The first-order chi connectivity index (χ1) is 12.5. The van der Waals surface area contributed by atoms with Gasteiger partial charge in [0.05, 0.1) is 15.2 Å². The highest BCUT2D eigenvalue weighted by molar-refractivity contribution is 6.92. The van der Waals surface area contributed by atoms with Crippen LogP contribution in [-0.2, 0) is 25.9 Å². The molecule has 0 fully saturated rings. The average molecular weight is 396 g/mol. The zero-order valence-electron chi connectivity index (χ0n) is 17.5. The lowest BCUT2D eigenvalue weighted by Crippen LogP contribution is -2.49. The molecule has 27 heavy (non-hydrogen) atoms. The van der Waals surface area contributed by atoms with Crippen molar-refractivity contribution in [1.29, 1.82) is 0 Å². The highest BCUT2D eigenvalue weighted by atomic mass is 28.3. The van der Waals surface area contributed by atoms with Gasteiger partial charge in [0.15, 0.2) is 0 Å². The number of benzene rings is 1. The van der Waals surface area contributed by atoms with Crippen molar-refractivity contribution in [3.05, 3.63) is 29.8 Å². The standard InChI is InChI=1S/C20H33NO5Si/c1-8-10-17(21-19(23)24-5)18(22)26-25-14-15-11-9-12-16(13-15)27(6,7)20(2,3)4/h9,11-13,17H,8,10,14H2,1-7H3,(H,21,23)/t17-/m0/s1. The quantitative estimate of drug-likeness (QED) is 0.410. The van der Waals surface area contributed by atoms with Crippen LogP contribution in [0.25, 0.3) is 0 Å². The number of carbonyl (C=O) groups excluding carboxylic acids is 2. The molecular weight excluding hydrogens is 362 g/mol. The molecule has 1 atom stereocenters. The summed E-state index contributed by atoms with van der Waals surface area (Å²) in [6, 6.07) is 7.45. The van der Waals surface area contributed by atoms with E-state index >= 15 is 0 Å². The van der Waals surface area contributed by atoms with E-state index in [4.69, 9.17) is 9.78 Å². The Kier molecular flexibility index (Phi) is 8.49. The lowest BCUT2D eigenvalue weighted by molar-refractivity contribution is -0.281. The molecule has 0 heterocycles. The molecule has 0 radical (unpaired) electrons. The minimum absolute atomic E-state index is 0.158. The molecule has 0 unspecified atom stereocenters. The van der Waals surface area contributed by atoms with Crippen LogP contribution in [0, 0.1) is 0 Å². The van der Waals surface area contributed by atoms with E-state index in [1.54, 1.807) is 0 Å². The van der Waals surface area contributed by atoms with E-state index in [0.717, 1.165) is 5.56 Å². The summed E-state index contributed by atoms with van der Waals surface area (Å²) >= 11 is 0. The molecule has 0 aliphatic heterocycles. The van der Waals surface area contributed by atoms with Gasteiger partial charge in [-0.05, 0) is 17.0 Å². The van der Waals surface area contributed by atoms with E-state index < -0.39 is 26.2 Å². The van der Waals surface area contributed by atoms with Crippen molar-refractivity contribution in [1.82, 2.24) is 5.32 Å². The van der Waals surface area contributed by atoms with Crippen LogP contribution in [0.15, 0.2) is 24.3 Å². The average Bonchev–Trinajstić information content (AvgIpc) is 2.60. The van der Waals surface area contributed by atoms with Crippen molar-refractivity contribution >= 4 is 25.3 Å². The topological polar surface area (TPSA) is 73.9 Å². The third kappa shape index (κ3) is 6.66. The van der Waals surface area contributed by atoms with Gasteiger partial charge in [-0.25, -0.2) is 9.59 Å². The second-order valence-corrected chi connectivity index (χ2v) is 13.5. The second-order valence-electron chi connectivity index (χ2n) is 8.22. The number of amides is 1. The Balaban J connectivity index is 2.69. The summed E-state index contributed by atoms with van der Waals surface area (Å²) in [7, 11) is -0.404. The van der Waals surface area contributed by atoms with Crippen molar-refractivity contribution in [2.24, 2.45) is 0 Å². The molecule has 0 saturated heterocycles. The maximum absolute atomic E-state index is 12.1. The van der Waals surface area contributed by atoms with Gasteiger partial charge < -0.3 is 10.1 Å². The van der Waals surface area contributed by atoms with Crippen LogP contribution >= 0.6 is 0 Å². The highest BCUT2D eigenvalue weighted by Crippen LogP contribution is 2.35. The zero-order chi connectivity index (χ0) is 20.7. The van der Waals surface area contributed by atoms with Crippen LogP contribution < -0.4 is 10.5 Å². The normalized spacial score (nSPS) is 13.0. The van der Waals surface area contributed by atoms with Crippen LogP contribution in [0.3, 0.4) is 0 Å². The van der Waals surface area contributed by atoms with E-state index in [2.05, 4.69) is 56.1 Å². The van der Waals surface area contributed by atoms with E-state index in [9.17, 15) is 9.59 Å². The van der Waals surface area contributed by atoms with Crippen LogP contribution in [0.4, 0.5) is 4.79 Å². The molecule has 0 aromatic heterocycles. The number of rotatable bonds is 8. The Labute approximate surface area is 163 Å². The lowest BCUT2D eigenvalue weighted by Gasteiger charge is -2.37. The smallest absolute Gasteiger partial charge is 0.407 e. The number of hydrogen-bond donors (Lipinski definition) is 1. The van der Waals surface area contributed by atoms with Gasteiger partial charge in [-0.3, -0.25) is 4.89 Å². The van der Waals surface area contributed by atoms with Crippen LogP contribution in [0.5, 0.6) is 0 Å². The lowest BCUT2D eigenvalue weighted by atomic mass is 10.2. The molecule has 0 bridgehead atoms. The van der Waals surface area contributed by atoms with Gasteiger partial charge in [0.1, 0.15) is 12.6 Å². The van der Waals surface area contributed by atoms with Gasteiger partial charge in [-0.2, -0.15) is 4.89 Å². The predicted molar refractivity (Wildman–Crippen MR) is 108 cm³/mol. The van der Waals surface area contributed by atoms with Gasteiger partial charge >= 0.3 is 12.1 Å². The summed E-state index contributed by atoms with van der Waals surface area (Å²) in [6.45, 7) is 13.6. The van der Waals surface area contributed by atoms with Crippen molar-refractivity contribution < 1.29 is 24.1 Å². The highest BCUT2D eigenvalue weighted by Gasteiger charge is 2.36. The molecular formula is C20H33NO5Si. The molecule has 0 aliphatic rings. The molecule has 1 aromatic rings. The minimum Gasteiger partial charge on any atom is -0.453 e. The van der Waals surface area contributed by atoms with Crippen molar-refractivity contribution in [3.63, 3.8) is 0 Å². The maximum Gasteiger partial charge on any atom is 0.407 e. The number of nitrogens with one attached hydrogen (secondary N) is 1. The molecule has 1 aromatic carbocycles. The molecule has 0 saturated carbocycles. The first-order valence-electron chi connectivity index (χ1n) is 9.30. The number of alkyl carbamates (subject to hydrolysis) is 1. The van der Waals surface area contributed by atoms with Crippen molar-refractivity contribution in [2.75, 3.05) is 7.11 Å². The van der Waals surface area contributed by atoms with Gasteiger partial charge in [0.25, 0.3) is 0 Å². The monoisotopic (exact) mass is 395 g/mol. The van der Waals surface area contributed by atoms with E-state index in [0.29, 0.717) is 12.8 Å². The Hall–Kier alpha value is -1.86. The van der Waals surface area contributed by atoms with Crippen molar-refractivity contribution in [3.8, 4) is 0 Å². The fourth-order valence-corrected chi connectivity index (χ4v) is 4.36.